The van der Waals surface area contributed by atoms with E-state index in [1.165, 1.54) is 0 Å². The first kappa shape index (κ1) is 16.8. The van der Waals surface area contributed by atoms with Gasteiger partial charge in [-0.3, -0.25) is 0 Å². The minimum atomic E-state index is -1.01. The number of nitrogens with zero attached hydrogens (tertiary/aromatic N) is 1. The van der Waals surface area contributed by atoms with Gasteiger partial charge in [0.15, 0.2) is 0 Å². The van der Waals surface area contributed by atoms with Gasteiger partial charge in [-0.15, -0.1) is 0 Å². The van der Waals surface area contributed by atoms with Gasteiger partial charge >= 0.3 is 5.97 Å². The van der Waals surface area contributed by atoms with Crippen LogP contribution in [0.2, 0.25) is 0 Å². The molecular weight excluding hydrogens is 316 g/mol. The van der Waals surface area contributed by atoms with Crippen LogP contribution in [0.5, 0.6) is 11.5 Å². The van der Waals surface area contributed by atoms with E-state index in [1.807, 2.05) is 73.3 Å². The molecule has 2 aromatic rings. The molecule has 0 spiro atoms. The fourth-order valence-corrected chi connectivity index (χ4v) is 2.80. The summed E-state index contributed by atoms with van der Waals surface area (Å²) in [6.45, 7) is 3.81. The molecule has 25 heavy (non-hydrogen) atoms. The van der Waals surface area contributed by atoms with E-state index in [4.69, 9.17) is 10.5 Å². The van der Waals surface area contributed by atoms with Crippen molar-refractivity contribution in [2.45, 2.75) is 20.0 Å². The Morgan fingerprint density at radius 3 is 2.24 bits per heavy atom. The normalized spacial score (nSPS) is 17.3. The average Bonchev–Trinajstić information content (AvgIpc) is 2.60. The van der Waals surface area contributed by atoms with Gasteiger partial charge in [0.2, 0.25) is 0 Å². The van der Waals surface area contributed by atoms with Crippen molar-refractivity contribution in [3.63, 3.8) is 0 Å². The Balaban J connectivity index is 1.86. The van der Waals surface area contributed by atoms with Gasteiger partial charge in [0.25, 0.3) is 0 Å². The Morgan fingerprint density at radius 1 is 1.04 bits per heavy atom. The van der Waals surface area contributed by atoms with E-state index in [0.29, 0.717) is 5.75 Å². The zero-order valence-corrected chi connectivity index (χ0v) is 14.1. The summed E-state index contributed by atoms with van der Waals surface area (Å²) in [5, 5.41) is 9.37. The number of nitrogens with two attached hydrogens (primary N) is 1. The maximum atomic E-state index is 11.4. The van der Waals surface area contributed by atoms with Crippen molar-refractivity contribution in [3.05, 3.63) is 77.5 Å². The molecule has 0 saturated carbocycles. The van der Waals surface area contributed by atoms with Crippen molar-refractivity contribution >= 4 is 11.7 Å². The molecule has 0 amide bonds. The molecule has 3 N–H and O–H groups in total. The highest BCUT2D eigenvalue weighted by Gasteiger charge is 2.29. The van der Waals surface area contributed by atoms with Gasteiger partial charge in [-0.25, -0.2) is 4.79 Å². The number of allylic oxidation sites excluding steroid dienone is 3. The molecule has 5 heteroatoms. The molecular formula is C20H20N2O3. The minimum Gasteiger partial charge on any atom is -0.478 e. The van der Waals surface area contributed by atoms with Crippen LogP contribution in [-0.4, -0.2) is 17.2 Å². The van der Waals surface area contributed by atoms with Crippen LogP contribution < -0.4 is 15.4 Å². The van der Waals surface area contributed by atoms with Crippen LogP contribution in [0, 0.1) is 0 Å². The molecule has 0 saturated heterocycles. The highest BCUT2D eigenvalue weighted by Crippen LogP contribution is 2.32. The number of para-hydroxylation sites is 1. The molecule has 0 bridgehead atoms. The fourth-order valence-electron chi connectivity index (χ4n) is 2.80. The third-order valence-electron chi connectivity index (χ3n) is 4.24. The summed E-state index contributed by atoms with van der Waals surface area (Å²) in [6.07, 6.45) is 0.896. The summed E-state index contributed by atoms with van der Waals surface area (Å²) in [6, 6.07) is 17.0. The molecule has 1 aliphatic heterocycles. The molecule has 0 aromatic heterocycles. The number of ether oxygens (including phenoxy) is 1. The summed E-state index contributed by atoms with van der Waals surface area (Å²) in [5.41, 5.74) is 8.98. The average molecular weight is 336 g/mol. The van der Waals surface area contributed by atoms with Crippen molar-refractivity contribution < 1.29 is 14.6 Å². The number of anilines is 1. The number of hydrogen-bond donors (Lipinski definition) is 2. The van der Waals surface area contributed by atoms with Gasteiger partial charge in [0, 0.05) is 11.4 Å². The Morgan fingerprint density at radius 2 is 1.64 bits per heavy atom. The molecule has 3 rings (SSSR count). The highest BCUT2D eigenvalue weighted by atomic mass is 16.5. The largest absolute Gasteiger partial charge is 0.478 e. The monoisotopic (exact) mass is 336 g/mol. The molecule has 5 nitrogen and oxygen atoms in total. The zero-order valence-electron chi connectivity index (χ0n) is 14.1. The lowest BCUT2D eigenvalue weighted by Crippen LogP contribution is -2.46. The Labute approximate surface area is 146 Å². The summed E-state index contributed by atoms with van der Waals surface area (Å²) >= 11 is 0. The van der Waals surface area contributed by atoms with Crippen LogP contribution in [-0.2, 0) is 4.79 Å². The number of hydrogen-bond acceptors (Lipinski definition) is 4. The molecule has 1 atom stereocenters. The lowest BCUT2D eigenvalue weighted by atomic mass is 10.0. The number of carboxylic acid groups (broad SMARTS) is 1. The number of carboxylic acids is 1. The number of carbonyl (C=O) groups is 1. The van der Waals surface area contributed by atoms with E-state index in [2.05, 4.69) is 0 Å². The van der Waals surface area contributed by atoms with Crippen molar-refractivity contribution in [1.82, 2.24) is 0 Å². The third-order valence-corrected chi connectivity index (χ3v) is 4.24. The predicted octanol–water partition coefficient (Wildman–Crippen LogP) is 3.89. The lowest BCUT2D eigenvalue weighted by Gasteiger charge is -2.36. The van der Waals surface area contributed by atoms with Crippen LogP contribution in [0.3, 0.4) is 0 Å². The van der Waals surface area contributed by atoms with Crippen LogP contribution in [0.1, 0.15) is 13.8 Å². The van der Waals surface area contributed by atoms with Crippen molar-refractivity contribution in [1.29, 1.82) is 0 Å². The molecule has 128 valence electrons. The first-order chi connectivity index (χ1) is 12.0. The van der Waals surface area contributed by atoms with Crippen LogP contribution in [0.4, 0.5) is 5.69 Å². The van der Waals surface area contributed by atoms with Gasteiger partial charge in [0.05, 0.1) is 5.57 Å². The second kappa shape index (κ2) is 6.83. The number of rotatable bonds is 4. The van der Waals surface area contributed by atoms with Crippen LogP contribution in [0.15, 0.2) is 77.5 Å². The van der Waals surface area contributed by atoms with Crippen LogP contribution >= 0.6 is 0 Å². The van der Waals surface area contributed by atoms with E-state index in [9.17, 15) is 9.90 Å². The molecule has 2 aromatic carbocycles. The standard InChI is InChI=1S/C20H20N2O3/c1-13-12-18(20(23)24)19(21)22(14(13)2)15-8-10-17(11-9-15)25-16-6-4-3-5-7-16/h3-12,19H,21H2,1-2H3,(H,23,24). The molecule has 1 heterocycles. The highest BCUT2D eigenvalue weighted by molar-refractivity contribution is 5.90. The van der Waals surface area contributed by atoms with Gasteiger partial charge in [-0.2, -0.15) is 0 Å². The number of benzene rings is 2. The van der Waals surface area contributed by atoms with Crippen molar-refractivity contribution in [2.24, 2.45) is 5.73 Å². The maximum Gasteiger partial charge on any atom is 0.335 e. The smallest absolute Gasteiger partial charge is 0.335 e. The zero-order chi connectivity index (χ0) is 18.0. The Hall–Kier alpha value is -3.05. The molecule has 0 radical (unpaired) electrons. The van der Waals surface area contributed by atoms with Crippen molar-refractivity contribution in [3.8, 4) is 11.5 Å². The van der Waals surface area contributed by atoms with Crippen LogP contribution in [0.25, 0.3) is 0 Å². The summed E-state index contributed by atoms with van der Waals surface area (Å²) in [7, 11) is 0. The quantitative estimate of drug-likeness (QED) is 0.886. The Kier molecular flexibility index (Phi) is 4.59. The minimum absolute atomic E-state index is 0.174. The SMILES string of the molecule is CC1=C(C)N(c2ccc(Oc3ccccc3)cc2)C(N)C(C(=O)O)=C1. The van der Waals surface area contributed by atoms with Gasteiger partial charge in [0.1, 0.15) is 17.7 Å². The van der Waals surface area contributed by atoms with E-state index in [1.54, 1.807) is 6.08 Å². The lowest BCUT2D eigenvalue weighted by molar-refractivity contribution is -0.132. The summed E-state index contributed by atoms with van der Waals surface area (Å²) in [5.74, 6) is 0.453. The first-order valence-corrected chi connectivity index (χ1v) is 7.97. The van der Waals surface area contributed by atoms with Gasteiger partial charge < -0.3 is 20.5 Å². The summed E-state index contributed by atoms with van der Waals surface area (Å²) in [4.78, 5) is 13.3. The second-order valence-corrected chi connectivity index (χ2v) is 5.90. The first-order valence-electron chi connectivity index (χ1n) is 7.97. The predicted molar refractivity (Wildman–Crippen MR) is 97.5 cm³/mol. The van der Waals surface area contributed by atoms with E-state index in [0.717, 1.165) is 22.7 Å². The van der Waals surface area contributed by atoms with Gasteiger partial charge in [-0.1, -0.05) is 18.2 Å². The molecule has 1 unspecified atom stereocenters. The Bertz CT molecular complexity index is 839. The third kappa shape index (κ3) is 3.41. The second-order valence-electron chi connectivity index (χ2n) is 5.90. The van der Waals surface area contributed by atoms with Gasteiger partial charge in [-0.05, 0) is 61.9 Å². The maximum absolute atomic E-state index is 11.4. The molecule has 1 aliphatic rings. The molecule has 0 aliphatic carbocycles. The molecule has 0 fully saturated rings. The topological polar surface area (TPSA) is 75.8 Å². The van der Waals surface area contributed by atoms with E-state index in [-0.39, 0.29) is 5.57 Å². The van der Waals surface area contributed by atoms with E-state index < -0.39 is 12.1 Å². The van der Waals surface area contributed by atoms with E-state index >= 15 is 0 Å². The summed E-state index contributed by atoms with van der Waals surface area (Å²) < 4.78 is 5.79. The number of aliphatic carboxylic acids is 1. The van der Waals surface area contributed by atoms with Crippen molar-refractivity contribution in [2.75, 3.05) is 4.90 Å². The fraction of sp³-hybridized carbons (Fsp3) is 0.150.